The van der Waals surface area contributed by atoms with Gasteiger partial charge >= 0.3 is 0 Å². The molecule has 0 saturated carbocycles. The summed E-state index contributed by atoms with van der Waals surface area (Å²) in [6.45, 7) is 5.85. The zero-order valence-electron chi connectivity index (χ0n) is 19.1. The Morgan fingerprint density at radius 2 is 1.73 bits per heavy atom. The summed E-state index contributed by atoms with van der Waals surface area (Å²) in [6, 6.07) is 26.0. The lowest BCUT2D eigenvalue weighted by Crippen LogP contribution is -2.23. The van der Waals surface area contributed by atoms with Crippen LogP contribution < -0.4 is 10.1 Å². The fourth-order valence-corrected chi connectivity index (χ4v) is 3.67. The van der Waals surface area contributed by atoms with Crippen molar-refractivity contribution in [2.24, 2.45) is 0 Å². The van der Waals surface area contributed by atoms with E-state index in [1.807, 2.05) is 66.7 Å². The van der Waals surface area contributed by atoms with Crippen molar-refractivity contribution in [3.8, 4) is 5.75 Å². The number of carbonyl (C=O) groups excluding carboxylic acids is 1. The Morgan fingerprint density at radius 1 is 1.00 bits per heavy atom. The third kappa shape index (κ3) is 5.89. The third-order valence-corrected chi connectivity index (χ3v) is 5.51. The summed E-state index contributed by atoms with van der Waals surface area (Å²) in [7, 11) is 0. The second-order valence-electron chi connectivity index (χ2n) is 8.20. The molecule has 1 aromatic heterocycles. The number of hydrogen-bond donors (Lipinski definition) is 1. The van der Waals surface area contributed by atoms with Crippen molar-refractivity contribution in [3.63, 3.8) is 0 Å². The summed E-state index contributed by atoms with van der Waals surface area (Å²) in [5.41, 5.74) is 4.21. The van der Waals surface area contributed by atoms with Gasteiger partial charge in [-0.2, -0.15) is 0 Å². The van der Waals surface area contributed by atoms with E-state index in [-0.39, 0.29) is 5.91 Å². The minimum atomic E-state index is -0.154. The standard InChI is InChI=1S/C28H29N3O2/c1-21(2)23-13-15-24(16-14-23)33-19-18-31-26-11-7-6-10-25(26)30-27(31)20-29-28(32)17-12-22-8-4-3-5-9-22/h3-17,21H,18-20H2,1-2H3,(H,29,32)/b17-12-. The number of carbonyl (C=O) groups is 1. The minimum absolute atomic E-state index is 0.154. The molecule has 0 unspecified atom stereocenters. The van der Waals surface area contributed by atoms with Crippen molar-refractivity contribution in [2.75, 3.05) is 6.61 Å². The Labute approximate surface area is 194 Å². The van der Waals surface area contributed by atoms with Crippen LogP contribution in [-0.4, -0.2) is 22.1 Å². The maximum atomic E-state index is 12.3. The average molecular weight is 440 g/mol. The first kappa shape index (κ1) is 22.3. The van der Waals surface area contributed by atoms with Crippen LogP contribution >= 0.6 is 0 Å². The molecule has 0 aliphatic heterocycles. The normalized spacial score (nSPS) is 11.4. The lowest BCUT2D eigenvalue weighted by atomic mass is 10.0. The molecule has 0 bridgehead atoms. The maximum Gasteiger partial charge on any atom is 0.244 e. The number of nitrogens with one attached hydrogen (secondary N) is 1. The maximum absolute atomic E-state index is 12.3. The van der Waals surface area contributed by atoms with Gasteiger partial charge in [-0.1, -0.05) is 68.4 Å². The zero-order chi connectivity index (χ0) is 23.0. The fourth-order valence-electron chi connectivity index (χ4n) is 3.67. The molecule has 5 nitrogen and oxygen atoms in total. The van der Waals surface area contributed by atoms with Gasteiger partial charge in [-0.05, 0) is 47.4 Å². The van der Waals surface area contributed by atoms with Crippen LogP contribution in [0.5, 0.6) is 5.75 Å². The Balaban J connectivity index is 1.41. The van der Waals surface area contributed by atoms with Crippen molar-refractivity contribution in [1.29, 1.82) is 0 Å². The molecule has 168 valence electrons. The molecule has 5 heteroatoms. The van der Waals surface area contributed by atoms with Gasteiger partial charge in [0.15, 0.2) is 0 Å². The van der Waals surface area contributed by atoms with Crippen LogP contribution in [0, 0.1) is 0 Å². The Hall–Kier alpha value is -3.86. The molecule has 0 atom stereocenters. The first-order valence-electron chi connectivity index (χ1n) is 11.3. The molecule has 4 rings (SSSR count). The van der Waals surface area contributed by atoms with Crippen molar-refractivity contribution >= 4 is 23.0 Å². The molecule has 0 aliphatic rings. The lowest BCUT2D eigenvalue weighted by molar-refractivity contribution is -0.116. The van der Waals surface area contributed by atoms with Gasteiger partial charge in [0.25, 0.3) is 0 Å². The lowest BCUT2D eigenvalue weighted by Gasteiger charge is -2.12. The Bertz CT molecular complexity index is 1230. The number of ether oxygens (including phenoxy) is 1. The second kappa shape index (κ2) is 10.6. The predicted octanol–water partition coefficient (Wildman–Crippen LogP) is 5.57. The number of benzene rings is 3. The van der Waals surface area contributed by atoms with Gasteiger partial charge < -0.3 is 14.6 Å². The molecule has 4 aromatic rings. The van der Waals surface area contributed by atoms with E-state index in [1.54, 1.807) is 12.2 Å². The largest absolute Gasteiger partial charge is 0.492 e. The highest BCUT2D eigenvalue weighted by Crippen LogP contribution is 2.20. The quantitative estimate of drug-likeness (QED) is 0.347. The molecule has 1 amide bonds. The van der Waals surface area contributed by atoms with Crippen LogP contribution in [-0.2, 0) is 17.9 Å². The summed E-state index contributed by atoms with van der Waals surface area (Å²) in [5.74, 6) is 2.00. The smallest absolute Gasteiger partial charge is 0.244 e. The number of para-hydroxylation sites is 2. The van der Waals surface area contributed by atoms with Crippen molar-refractivity contribution in [2.45, 2.75) is 32.9 Å². The summed E-state index contributed by atoms with van der Waals surface area (Å²) >= 11 is 0. The van der Waals surface area contributed by atoms with Crippen LogP contribution in [0.15, 0.2) is 84.9 Å². The molecule has 3 aromatic carbocycles. The SMILES string of the molecule is CC(C)c1ccc(OCCn2c(CNC(=O)/C=C\c3ccccc3)nc3ccccc32)cc1. The highest BCUT2D eigenvalue weighted by molar-refractivity contribution is 5.91. The van der Waals surface area contributed by atoms with E-state index in [0.717, 1.165) is 28.2 Å². The van der Waals surface area contributed by atoms with Crippen LogP contribution in [0.25, 0.3) is 17.1 Å². The fraction of sp³-hybridized carbons (Fsp3) is 0.214. The van der Waals surface area contributed by atoms with E-state index < -0.39 is 0 Å². The summed E-state index contributed by atoms with van der Waals surface area (Å²) in [5, 5.41) is 2.95. The van der Waals surface area contributed by atoms with Gasteiger partial charge in [0, 0.05) is 6.08 Å². The van der Waals surface area contributed by atoms with Crippen LogP contribution in [0.1, 0.15) is 36.7 Å². The molecule has 1 N–H and O–H groups in total. The molecule has 0 aliphatic carbocycles. The average Bonchev–Trinajstić information content (AvgIpc) is 3.20. The highest BCUT2D eigenvalue weighted by atomic mass is 16.5. The van der Waals surface area contributed by atoms with E-state index in [0.29, 0.717) is 25.6 Å². The van der Waals surface area contributed by atoms with Gasteiger partial charge in [0.05, 0.1) is 24.1 Å². The number of hydrogen-bond acceptors (Lipinski definition) is 3. The summed E-state index contributed by atoms with van der Waals surface area (Å²) in [6.07, 6.45) is 3.35. The number of rotatable bonds is 9. The monoisotopic (exact) mass is 439 g/mol. The molecule has 0 fully saturated rings. The Morgan fingerprint density at radius 3 is 2.48 bits per heavy atom. The topological polar surface area (TPSA) is 56.1 Å². The zero-order valence-corrected chi connectivity index (χ0v) is 19.1. The minimum Gasteiger partial charge on any atom is -0.492 e. The highest BCUT2D eigenvalue weighted by Gasteiger charge is 2.11. The number of imidazole rings is 1. The molecule has 1 heterocycles. The molecule has 0 spiro atoms. The number of amides is 1. The summed E-state index contributed by atoms with van der Waals surface area (Å²) in [4.78, 5) is 17.1. The van der Waals surface area contributed by atoms with Crippen LogP contribution in [0.3, 0.4) is 0 Å². The number of aromatic nitrogens is 2. The summed E-state index contributed by atoms with van der Waals surface area (Å²) < 4.78 is 8.09. The van der Waals surface area contributed by atoms with Gasteiger partial charge in [0.1, 0.15) is 18.2 Å². The van der Waals surface area contributed by atoms with Gasteiger partial charge in [-0.15, -0.1) is 0 Å². The van der Waals surface area contributed by atoms with E-state index in [9.17, 15) is 4.79 Å². The molecule has 0 saturated heterocycles. The predicted molar refractivity (Wildman–Crippen MR) is 133 cm³/mol. The number of nitrogens with zero attached hydrogens (tertiary/aromatic N) is 2. The first-order valence-corrected chi connectivity index (χ1v) is 11.3. The van der Waals surface area contributed by atoms with E-state index in [4.69, 9.17) is 9.72 Å². The first-order chi connectivity index (χ1) is 16.1. The van der Waals surface area contributed by atoms with Gasteiger partial charge in [-0.25, -0.2) is 4.98 Å². The third-order valence-electron chi connectivity index (χ3n) is 5.51. The molecule has 33 heavy (non-hydrogen) atoms. The molecular formula is C28H29N3O2. The van der Waals surface area contributed by atoms with E-state index in [1.165, 1.54) is 5.56 Å². The molecular weight excluding hydrogens is 410 g/mol. The Kier molecular flexibility index (Phi) is 7.20. The van der Waals surface area contributed by atoms with Crippen LogP contribution in [0.2, 0.25) is 0 Å². The van der Waals surface area contributed by atoms with Crippen molar-refractivity contribution < 1.29 is 9.53 Å². The van der Waals surface area contributed by atoms with Crippen molar-refractivity contribution in [3.05, 3.63) is 102 Å². The second-order valence-corrected chi connectivity index (χ2v) is 8.20. The van der Waals surface area contributed by atoms with E-state index in [2.05, 4.69) is 35.9 Å². The van der Waals surface area contributed by atoms with Crippen LogP contribution in [0.4, 0.5) is 0 Å². The molecule has 0 radical (unpaired) electrons. The van der Waals surface area contributed by atoms with Gasteiger partial charge in [-0.3, -0.25) is 4.79 Å². The number of fused-ring (bicyclic) bond motifs is 1. The van der Waals surface area contributed by atoms with Crippen molar-refractivity contribution in [1.82, 2.24) is 14.9 Å². The van der Waals surface area contributed by atoms with Gasteiger partial charge in [0.2, 0.25) is 5.91 Å². The van der Waals surface area contributed by atoms with E-state index >= 15 is 0 Å².